The van der Waals surface area contributed by atoms with E-state index in [4.69, 9.17) is 9.47 Å². The van der Waals surface area contributed by atoms with E-state index in [9.17, 15) is 14.7 Å². The molecule has 1 fully saturated rings. The zero-order valence-corrected chi connectivity index (χ0v) is 19.8. The van der Waals surface area contributed by atoms with E-state index < -0.39 is 0 Å². The molecule has 0 spiro atoms. The van der Waals surface area contributed by atoms with Crippen LogP contribution < -0.4 is 14.8 Å². The van der Waals surface area contributed by atoms with Gasteiger partial charge in [0.15, 0.2) is 11.5 Å². The molecule has 1 heterocycles. The molecule has 0 aliphatic heterocycles. The summed E-state index contributed by atoms with van der Waals surface area (Å²) in [7, 11) is 1.46. The van der Waals surface area contributed by atoms with Crippen molar-refractivity contribution in [3.63, 3.8) is 0 Å². The van der Waals surface area contributed by atoms with Gasteiger partial charge in [-0.25, -0.2) is 4.98 Å². The number of rotatable bonds is 8. The molecule has 3 aromatic rings. The van der Waals surface area contributed by atoms with Crippen molar-refractivity contribution in [3.8, 4) is 28.5 Å². The number of esters is 1. The average molecular weight is 475 g/mol. The number of carbonyl (C=O) groups excluding carboxylic acids is 2. The van der Waals surface area contributed by atoms with E-state index in [0.29, 0.717) is 40.9 Å². The maximum Gasteiger partial charge on any atom is 0.311 e. The number of methoxy groups -OCH3 is 1. The maximum atomic E-state index is 12.5. The number of phenols is 1. The first-order valence-corrected chi connectivity index (χ1v) is 11.9. The van der Waals surface area contributed by atoms with Gasteiger partial charge < -0.3 is 19.9 Å². The molecular formula is C28H30N2O5. The van der Waals surface area contributed by atoms with Crippen LogP contribution in [-0.2, 0) is 16.0 Å². The highest BCUT2D eigenvalue weighted by atomic mass is 16.5. The summed E-state index contributed by atoms with van der Waals surface area (Å²) in [4.78, 5) is 29.5. The van der Waals surface area contributed by atoms with Crippen LogP contribution >= 0.6 is 0 Å². The molecule has 1 saturated carbocycles. The van der Waals surface area contributed by atoms with Gasteiger partial charge in [0.25, 0.3) is 0 Å². The van der Waals surface area contributed by atoms with E-state index in [1.54, 1.807) is 30.3 Å². The second-order valence-electron chi connectivity index (χ2n) is 8.85. The molecule has 1 amide bonds. The number of phenolic OH excluding ortho intramolecular Hbond substituents is 1. The minimum Gasteiger partial charge on any atom is -0.504 e. The highest BCUT2D eigenvalue weighted by Gasteiger charge is 2.18. The van der Waals surface area contributed by atoms with Gasteiger partial charge in [0.05, 0.1) is 19.2 Å². The summed E-state index contributed by atoms with van der Waals surface area (Å²) >= 11 is 0. The summed E-state index contributed by atoms with van der Waals surface area (Å²) in [6.45, 7) is 0. The third-order valence-electron chi connectivity index (χ3n) is 6.17. The number of carbonyl (C=O) groups is 2. The molecular weight excluding hydrogens is 444 g/mol. The van der Waals surface area contributed by atoms with Crippen LogP contribution in [0.2, 0.25) is 0 Å². The van der Waals surface area contributed by atoms with Gasteiger partial charge in [0.2, 0.25) is 5.91 Å². The highest BCUT2D eigenvalue weighted by Crippen LogP contribution is 2.29. The van der Waals surface area contributed by atoms with Crippen LogP contribution in [0, 0.1) is 5.92 Å². The van der Waals surface area contributed by atoms with Crippen molar-refractivity contribution in [2.45, 2.75) is 44.9 Å². The maximum absolute atomic E-state index is 12.5. The Morgan fingerprint density at radius 2 is 1.83 bits per heavy atom. The number of anilines is 1. The van der Waals surface area contributed by atoms with Gasteiger partial charge in [0, 0.05) is 12.0 Å². The first-order valence-electron chi connectivity index (χ1n) is 11.9. The van der Waals surface area contributed by atoms with Crippen LogP contribution in [-0.4, -0.2) is 29.1 Å². The molecule has 1 aliphatic rings. The molecule has 1 aromatic heterocycles. The number of benzene rings is 2. The predicted molar refractivity (Wildman–Crippen MR) is 133 cm³/mol. The largest absolute Gasteiger partial charge is 0.504 e. The summed E-state index contributed by atoms with van der Waals surface area (Å²) in [5.74, 6) is 1.21. The van der Waals surface area contributed by atoms with Crippen molar-refractivity contribution in [1.29, 1.82) is 0 Å². The smallest absolute Gasteiger partial charge is 0.311 e. The highest BCUT2D eigenvalue weighted by molar-refractivity contribution is 5.91. The van der Waals surface area contributed by atoms with Crippen LogP contribution in [0.3, 0.4) is 0 Å². The molecule has 7 nitrogen and oxygen atoms in total. The van der Waals surface area contributed by atoms with Gasteiger partial charge in [-0.2, -0.15) is 0 Å². The van der Waals surface area contributed by atoms with Crippen molar-refractivity contribution in [3.05, 3.63) is 66.2 Å². The third kappa shape index (κ3) is 6.82. The molecule has 182 valence electrons. The number of aromatic hydroxyl groups is 1. The topological polar surface area (TPSA) is 97.8 Å². The molecule has 0 unspecified atom stereocenters. The third-order valence-corrected chi connectivity index (χ3v) is 6.17. The Labute approximate surface area is 205 Å². The number of amides is 1. The van der Waals surface area contributed by atoms with Gasteiger partial charge in [-0.15, -0.1) is 0 Å². The fourth-order valence-electron chi connectivity index (χ4n) is 4.39. The summed E-state index contributed by atoms with van der Waals surface area (Å²) in [5, 5.41) is 12.5. The Hall–Kier alpha value is -3.87. The van der Waals surface area contributed by atoms with E-state index in [-0.39, 0.29) is 24.0 Å². The number of nitrogens with zero attached hydrogens (tertiary/aromatic N) is 1. The zero-order valence-electron chi connectivity index (χ0n) is 19.8. The Bertz CT molecular complexity index is 1190. The van der Waals surface area contributed by atoms with Crippen molar-refractivity contribution in [2.24, 2.45) is 5.92 Å². The van der Waals surface area contributed by atoms with Gasteiger partial charge in [0.1, 0.15) is 11.6 Å². The Balaban J connectivity index is 1.39. The fourth-order valence-corrected chi connectivity index (χ4v) is 4.39. The standard InChI is InChI=1S/C28H30N2O5/c1-34-25-15-20(13-14-24(25)31)16-27(32)30-26-12-6-11-23(29-26)21-9-5-10-22(18-21)35-28(33)17-19-7-3-2-4-8-19/h5-6,9-15,18-19,31H,2-4,7-8,16-17H2,1H3,(H,29,30,32). The predicted octanol–water partition coefficient (Wildman–Crippen LogP) is 5.52. The zero-order chi connectivity index (χ0) is 24.6. The van der Waals surface area contributed by atoms with Gasteiger partial charge in [-0.05, 0) is 60.7 Å². The number of ether oxygens (including phenoxy) is 2. The first kappa shape index (κ1) is 24.3. The molecule has 35 heavy (non-hydrogen) atoms. The Morgan fingerprint density at radius 3 is 2.63 bits per heavy atom. The monoisotopic (exact) mass is 474 g/mol. The normalized spacial score (nSPS) is 13.7. The molecule has 4 rings (SSSR count). The van der Waals surface area contributed by atoms with Crippen LogP contribution in [0.25, 0.3) is 11.3 Å². The molecule has 0 saturated heterocycles. The van der Waals surface area contributed by atoms with Crippen molar-refractivity contribution >= 4 is 17.7 Å². The van der Waals surface area contributed by atoms with E-state index in [2.05, 4.69) is 10.3 Å². The lowest BCUT2D eigenvalue weighted by Crippen LogP contribution is -2.16. The SMILES string of the molecule is COc1cc(CC(=O)Nc2cccc(-c3cccc(OC(=O)CC4CCCCC4)c3)n2)ccc1O. The molecule has 0 radical (unpaired) electrons. The molecule has 0 bridgehead atoms. The fraction of sp³-hybridized carbons (Fsp3) is 0.321. The second kappa shape index (κ2) is 11.5. The van der Waals surface area contributed by atoms with Crippen molar-refractivity contribution in [2.75, 3.05) is 12.4 Å². The van der Waals surface area contributed by atoms with E-state index in [1.165, 1.54) is 32.4 Å². The Kier molecular flexibility index (Phi) is 7.98. The molecule has 1 aliphatic carbocycles. The van der Waals surface area contributed by atoms with Crippen molar-refractivity contribution < 1.29 is 24.2 Å². The average Bonchev–Trinajstić information content (AvgIpc) is 2.86. The lowest BCUT2D eigenvalue weighted by molar-refractivity contribution is -0.135. The summed E-state index contributed by atoms with van der Waals surface area (Å²) in [6.07, 6.45) is 6.39. The number of pyridine rings is 1. The van der Waals surface area contributed by atoms with Crippen molar-refractivity contribution in [1.82, 2.24) is 4.98 Å². The Morgan fingerprint density at radius 1 is 1.03 bits per heavy atom. The number of nitrogens with one attached hydrogen (secondary N) is 1. The van der Waals surface area contributed by atoms with E-state index in [0.717, 1.165) is 18.4 Å². The van der Waals surface area contributed by atoms with E-state index >= 15 is 0 Å². The summed E-state index contributed by atoms with van der Waals surface area (Å²) < 4.78 is 10.7. The summed E-state index contributed by atoms with van der Waals surface area (Å²) in [5.41, 5.74) is 2.14. The molecule has 2 N–H and O–H groups in total. The lowest BCUT2D eigenvalue weighted by Gasteiger charge is -2.20. The molecule has 7 heteroatoms. The molecule has 2 aromatic carbocycles. The van der Waals surface area contributed by atoms with Crippen LogP contribution in [0.1, 0.15) is 44.1 Å². The number of aromatic nitrogens is 1. The minimum atomic E-state index is -0.243. The van der Waals surface area contributed by atoms with Crippen LogP contribution in [0.15, 0.2) is 60.7 Å². The molecule has 0 atom stereocenters. The van der Waals surface area contributed by atoms with Gasteiger partial charge in [-0.3, -0.25) is 9.59 Å². The van der Waals surface area contributed by atoms with Crippen LogP contribution in [0.5, 0.6) is 17.2 Å². The first-order chi connectivity index (χ1) is 17.0. The van der Waals surface area contributed by atoms with Gasteiger partial charge >= 0.3 is 5.97 Å². The number of hydrogen-bond donors (Lipinski definition) is 2. The summed E-state index contributed by atoms with van der Waals surface area (Å²) in [6, 6.07) is 17.4. The number of hydrogen-bond acceptors (Lipinski definition) is 6. The lowest BCUT2D eigenvalue weighted by atomic mass is 9.87. The second-order valence-corrected chi connectivity index (χ2v) is 8.85. The van der Waals surface area contributed by atoms with E-state index in [1.807, 2.05) is 24.3 Å². The van der Waals surface area contributed by atoms with Crippen LogP contribution in [0.4, 0.5) is 5.82 Å². The quantitative estimate of drug-likeness (QED) is 0.330. The minimum absolute atomic E-state index is 0.0212. The van der Waals surface area contributed by atoms with Gasteiger partial charge in [-0.1, -0.05) is 43.5 Å².